The first-order valence-corrected chi connectivity index (χ1v) is 9.10. The van der Waals surface area contributed by atoms with Crippen LogP contribution >= 0.6 is 0 Å². The van der Waals surface area contributed by atoms with Crippen LogP contribution in [0.15, 0.2) is 24.3 Å². The lowest BCUT2D eigenvalue weighted by atomic mass is 10.1. The van der Waals surface area contributed by atoms with Crippen LogP contribution in [0.4, 0.5) is 5.82 Å². The van der Waals surface area contributed by atoms with Crippen molar-refractivity contribution in [1.29, 1.82) is 0 Å². The molecular weight excluding hydrogens is 362 g/mol. The Hall–Kier alpha value is -3.07. The van der Waals surface area contributed by atoms with E-state index in [1.165, 1.54) is 7.11 Å². The average molecular weight is 387 g/mol. The molecule has 3 N–H and O–H groups in total. The molecule has 2 unspecified atom stereocenters. The first-order valence-electron chi connectivity index (χ1n) is 9.10. The number of nitrogens with zero attached hydrogens (tertiary/aromatic N) is 2. The fourth-order valence-corrected chi connectivity index (χ4v) is 3.13. The summed E-state index contributed by atoms with van der Waals surface area (Å²) in [4.78, 5) is 24.9. The zero-order valence-corrected chi connectivity index (χ0v) is 16.4. The number of methoxy groups -OCH3 is 2. The van der Waals surface area contributed by atoms with Gasteiger partial charge in [-0.2, -0.15) is 5.10 Å². The van der Waals surface area contributed by atoms with E-state index in [9.17, 15) is 9.59 Å². The van der Waals surface area contributed by atoms with Crippen LogP contribution in [0, 0.1) is 6.92 Å². The lowest BCUT2D eigenvalue weighted by Gasteiger charge is -2.31. The van der Waals surface area contributed by atoms with Crippen molar-refractivity contribution >= 4 is 17.6 Å². The Labute approximate surface area is 163 Å². The summed E-state index contributed by atoms with van der Waals surface area (Å²) in [6.45, 7) is 3.84. The second kappa shape index (κ2) is 8.30. The largest absolute Gasteiger partial charge is 0.497 e. The quantitative estimate of drug-likeness (QED) is 0.698. The highest BCUT2D eigenvalue weighted by Gasteiger charge is 2.28. The van der Waals surface area contributed by atoms with E-state index in [1.807, 2.05) is 13.8 Å². The molecule has 0 bridgehead atoms. The summed E-state index contributed by atoms with van der Waals surface area (Å²) in [6, 6.07) is 6.76. The van der Waals surface area contributed by atoms with E-state index >= 15 is 0 Å². The summed E-state index contributed by atoms with van der Waals surface area (Å²) in [6.07, 6.45) is 0.695. The molecule has 2 aromatic rings. The summed E-state index contributed by atoms with van der Waals surface area (Å²) in [5, 5.41) is 13.5. The zero-order chi connectivity index (χ0) is 20.3. The Morgan fingerprint density at radius 1 is 1.32 bits per heavy atom. The van der Waals surface area contributed by atoms with E-state index in [4.69, 9.17) is 9.47 Å². The van der Waals surface area contributed by atoms with E-state index < -0.39 is 6.29 Å². The molecule has 0 saturated carbocycles. The van der Waals surface area contributed by atoms with Gasteiger partial charge in [-0.05, 0) is 25.5 Å². The highest BCUT2D eigenvalue weighted by atomic mass is 16.5. The van der Waals surface area contributed by atoms with Crippen LogP contribution in [0.25, 0.3) is 0 Å². The van der Waals surface area contributed by atoms with E-state index in [1.54, 1.807) is 36.1 Å². The van der Waals surface area contributed by atoms with E-state index in [0.29, 0.717) is 35.0 Å². The maximum atomic E-state index is 12.8. The topological polar surface area (TPSA) is 107 Å². The minimum Gasteiger partial charge on any atom is -0.497 e. The Balaban J connectivity index is 1.86. The average Bonchev–Trinajstić information content (AvgIpc) is 3.06. The van der Waals surface area contributed by atoms with Crippen LogP contribution in [-0.2, 0) is 4.79 Å². The molecule has 3 rings (SSSR count). The van der Waals surface area contributed by atoms with Gasteiger partial charge in [0.05, 0.1) is 25.5 Å². The highest BCUT2D eigenvalue weighted by molar-refractivity contribution is 6.06. The first-order chi connectivity index (χ1) is 13.4. The molecule has 9 heteroatoms. The van der Waals surface area contributed by atoms with Gasteiger partial charge in [-0.25, -0.2) is 4.68 Å². The van der Waals surface area contributed by atoms with Crippen molar-refractivity contribution in [3.8, 4) is 11.5 Å². The molecule has 0 aliphatic carbocycles. The molecule has 1 aromatic carbocycles. The highest BCUT2D eigenvalue weighted by Crippen LogP contribution is 2.26. The summed E-state index contributed by atoms with van der Waals surface area (Å²) in [7, 11) is 3.04. The minimum absolute atomic E-state index is 0.0495. The SMILES string of the molecule is CCC1CC(=O)NC(n2nc(C)cc2NC(=O)c2ccc(OC)cc2OC)N1. The van der Waals surface area contributed by atoms with Gasteiger partial charge in [-0.3, -0.25) is 14.9 Å². The molecule has 9 nitrogen and oxygen atoms in total. The van der Waals surface area contributed by atoms with Crippen LogP contribution in [-0.4, -0.2) is 41.9 Å². The van der Waals surface area contributed by atoms with Crippen molar-refractivity contribution in [3.63, 3.8) is 0 Å². The van der Waals surface area contributed by atoms with Gasteiger partial charge < -0.3 is 20.1 Å². The number of nitrogens with one attached hydrogen (secondary N) is 3. The van der Waals surface area contributed by atoms with E-state index in [-0.39, 0.29) is 17.9 Å². The zero-order valence-electron chi connectivity index (χ0n) is 16.4. The normalized spacial score (nSPS) is 19.1. The molecule has 1 saturated heterocycles. The maximum Gasteiger partial charge on any atom is 0.260 e. The molecule has 1 fully saturated rings. The van der Waals surface area contributed by atoms with Gasteiger partial charge in [0.2, 0.25) is 5.91 Å². The van der Waals surface area contributed by atoms with E-state index in [2.05, 4.69) is 21.0 Å². The Bertz CT molecular complexity index is 879. The van der Waals surface area contributed by atoms with Gasteiger partial charge in [0.15, 0.2) is 6.29 Å². The third-order valence-electron chi connectivity index (χ3n) is 4.61. The van der Waals surface area contributed by atoms with Crippen molar-refractivity contribution in [2.75, 3.05) is 19.5 Å². The predicted molar refractivity (Wildman–Crippen MR) is 103 cm³/mol. The standard InChI is InChI=1S/C19H25N5O4/c1-5-12-9-17(25)22-19(20-12)24-16(8-11(2)23-24)21-18(26)14-7-6-13(27-3)10-15(14)28-4/h6-8,10,12,19-20H,5,9H2,1-4H3,(H,21,26)(H,22,25). The molecule has 0 radical (unpaired) electrons. The minimum atomic E-state index is -0.534. The first kappa shape index (κ1) is 19.7. The van der Waals surface area contributed by atoms with Gasteiger partial charge in [0, 0.05) is 24.6 Å². The number of carbonyl (C=O) groups excluding carboxylic acids is 2. The molecule has 2 heterocycles. The van der Waals surface area contributed by atoms with Crippen molar-refractivity contribution in [3.05, 3.63) is 35.5 Å². The number of anilines is 1. The predicted octanol–water partition coefficient (Wildman–Crippen LogP) is 1.81. The summed E-state index contributed by atoms with van der Waals surface area (Å²) >= 11 is 0. The van der Waals surface area contributed by atoms with Gasteiger partial charge in [0.25, 0.3) is 5.91 Å². The molecule has 0 spiro atoms. The van der Waals surface area contributed by atoms with Crippen LogP contribution < -0.4 is 25.4 Å². The second-order valence-corrected chi connectivity index (χ2v) is 6.58. The third kappa shape index (κ3) is 4.09. The summed E-state index contributed by atoms with van der Waals surface area (Å²) in [5.41, 5.74) is 1.08. The van der Waals surface area contributed by atoms with Crippen LogP contribution in [0.2, 0.25) is 0 Å². The molecule has 1 aromatic heterocycles. The number of carbonyl (C=O) groups is 2. The number of hydrogen-bond acceptors (Lipinski definition) is 6. The van der Waals surface area contributed by atoms with Crippen molar-refractivity contribution < 1.29 is 19.1 Å². The number of rotatable bonds is 6. The Kier molecular flexibility index (Phi) is 5.84. The Morgan fingerprint density at radius 3 is 2.79 bits per heavy atom. The van der Waals surface area contributed by atoms with Crippen LogP contribution in [0.1, 0.15) is 42.1 Å². The number of aryl methyl sites for hydroxylation is 1. The molecule has 2 atom stereocenters. The van der Waals surface area contributed by atoms with Gasteiger partial charge >= 0.3 is 0 Å². The number of amides is 2. The van der Waals surface area contributed by atoms with Crippen LogP contribution in [0.3, 0.4) is 0 Å². The molecule has 28 heavy (non-hydrogen) atoms. The number of benzene rings is 1. The molecule has 1 aliphatic rings. The molecular formula is C19H25N5O4. The van der Waals surface area contributed by atoms with Crippen molar-refractivity contribution in [2.45, 2.75) is 39.0 Å². The monoisotopic (exact) mass is 387 g/mol. The Morgan fingerprint density at radius 2 is 2.11 bits per heavy atom. The smallest absolute Gasteiger partial charge is 0.260 e. The van der Waals surface area contributed by atoms with Gasteiger partial charge in [0.1, 0.15) is 17.3 Å². The second-order valence-electron chi connectivity index (χ2n) is 6.58. The maximum absolute atomic E-state index is 12.8. The fraction of sp³-hybridized carbons (Fsp3) is 0.421. The number of hydrogen-bond donors (Lipinski definition) is 3. The molecule has 2 amide bonds. The lowest BCUT2D eigenvalue weighted by Crippen LogP contribution is -2.53. The summed E-state index contributed by atoms with van der Waals surface area (Å²) < 4.78 is 12.0. The van der Waals surface area contributed by atoms with Gasteiger partial charge in [-0.15, -0.1) is 0 Å². The molecule has 150 valence electrons. The van der Waals surface area contributed by atoms with Crippen molar-refractivity contribution in [1.82, 2.24) is 20.4 Å². The number of aromatic nitrogens is 2. The fourth-order valence-electron chi connectivity index (χ4n) is 3.13. The van der Waals surface area contributed by atoms with Crippen LogP contribution in [0.5, 0.6) is 11.5 Å². The van der Waals surface area contributed by atoms with Gasteiger partial charge in [-0.1, -0.05) is 6.92 Å². The van der Waals surface area contributed by atoms with Crippen molar-refractivity contribution in [2.24, 2.45) is 0 Å². The molecule has 1 aliphatic heterocycles. The van der Waals surface area contributed by atoms with E-state index in [0.717, 1.165) is 6.42 Å². The number of ether oxygens (including phenoxy) is 2. The third-order valence-corrected chi connectivity index (χ3v) is 4.61. The summed E-state index contributed by atoms with van der Waals surface area (Å²) in [5.74, 6) is 1.05. The lowest BCUT2D eigenvalue weighted by molar-refractivity contribution is -0.125.